The van der Waals surface area contributed by atoms with E-state index in [4.69, 9.17) is 16.3 Å². The summed E-state index contributed by atoms with van der Waals surface area (Å²) in [4.78, 5) is 15.4. The summed E-state index contributed by atoms with van der Waals surface area (Å²) in [5.74, 6) is -0.0518. The van der Waals surface area contributed by atoms with Crippen molar-refractivity contribution in [2.75, 3.05) is 32.8 Å². The van der Waals surface area contributed by atoms with Gasteiger partial charge in [-0.25, -0.2) is 0 Å². The quantitative estimate of drug-likeness (QED) is 0.782. The third-order valence-electron chi connectivity index (χ3n) is 4.02. The van der Waals surface area contributed by atoms with Crippen LogP contribution in [0.15, 0.2) is 40.2 Å². The summed E-state index contributed by atoms with van der Waals surface area (Å²) < 4.78 is 6.28. The number of nitrogens with zero attached hydrogens (tertiary/aromatic N) is 1. The van der Waals surface area contributed by atoms with E-state index in [2.05, 4.69) is 26.1 Å². The van der Waals surface area contributed by atoms with Crippen LogP contribution < -0.4 is 5.32 Å². The van der Waals surface area contributed by atoms with Crippen molar-refractivity contribution >= 4 is 44.8 Å². The Bertz CT molecular complexity index is 686. The minimum atomic E-state index is -0.0518. The summed E-state index contributed by atoms with van der Waals surface area (Å²) in [6, 6.07) is 9.82. The Balaban J connectivity index is 1.73. The van der Waals surface area contributed by atoms with E-state index >= 15 is 0 Å². The maximum atomic E-state index is 12.4. The lowest BCUT2D eigenvalue weighted by atomic mass is 10.0. The summed E-state index contributed by atoms with van der Waals surface area (Å²) in [7, 11) is 0. The molecular weight excluding hydrogens is 412 g/mol. The number of benzene rings is 1. The number of carbonyl (C=O) groups is 1. The minimum absolute atomic E-state index is 0.0518. The molecule has 7 heteroatoms. The molecule has 1 aliphatic heterocycles. The predicted octanol–water partition coefficient (Wildman–Crippen LogP) is 3.97. The van der Waals surface area contributed by atoms with Gasteiger partial charge in [0.2, 0.25) is 0 Å². The van der Waals surface area contributed by atoms with E-state index in [1.54, 1.807) is 0 Å². The van der Waals surface area contributed by atoms with Crippen molar-refractivity contribution in [1.82, 2.24) is 10.2 Å². The van der Waals surface area contributed by atoms with E-state index in [-0.39, 0.29) is 11.9 Å². The number of hydrogen-bond donors (Lipinski definition) is 1. The Kier molecular flexibility index (Phi) is 6.30. The van der Waals surface area contributed by atoms with Crippen LogP contribution in [0, 0.1) is 0 Å². The van der Waals surface area contributed by atoms with E-state index in [0.717, 1.165) is 23.1 Å². The van der Waals surface area contributed by atoms with Crippen molar-refractivity contribution in [3.8, 4) is 0 Å². The largest absolute Gasteiger partial charge is 0.379 e. The fourth-order valence-corrected chi connectivity index (χ4v) is 4.35. The molecule has 4 nitrogen and oxygen atoms in total. The van der Waals surface area contributed by atoms with Gasteiger partial charge in [0, 0.05) is 29.1 Å². The van der Waals surface area contributed by atoms with Gasteiger partial charge in [0.25, 0.3) is 5.91 Å². The first kappa shape index (κ1) is 17.9. The van der Waals surface area contributed by atoms with Crippen LogP contribution in [0.25, 0.3) is 0 Å². The van der Waals surface area contributed by atoms with Crippen LogP contribution in [0.3, 0.4) is 0 Å². The number of ether oxygens (including phenoxy) is 1. The Labute approximate surface area is 158 Å². The van der Waals surface area contributed by atoms with Crippen LogP contribution in [-0.4, -0.2) is 43.7 Å². The molecule has 0 bridgehead atoms. The molecule has 1 unspecified atom stereocenters. The standard InChI is InChI=1S/C17H18BrClN2O2S/c18-14-5-10-24-16(14)17(22)20-11-15(21-6-8-23-9-7-21)12-1-3-13(19)4-2-12/h1-5,10,15H,6-9,11H2,(H,20,22). The third kappa shape index (κ3) is 4.37. The molecule has 1 N–H and O–H groups in total. The number of carbonyl (C=O) groups excluding carboxylic acids is 1. The molecule has 1 atom stereocenters. The SMILES string of the molecule is O=C(NCC(c1ccc(Cl)cc1)N1CCOCC1)c1sccc1Br. The molecule has 0 aliphatic carbocycles. The van der Waals surface area contributed by atoms with Crippen molar-refractivity contribution < 1.29 is 9.53 Å². The lowest BCUT2D eigenvalue weighted by molar-refractivity contribution is 0.0162. The Morgan fingerprint density at radius 1 is 1.29 bits per heavy atom. The second-order valence-electron chi connectivity index (χ2n) is 5.52. The highest BCUT2D eigenvalue weighted by Gasteiger charge is 2.24. The van der Waals surface area contributed by atoms with E-state index < -0.39 is 0 Å². The van der Waals surface area contributed by atoms with Crippen molar-refractivity contribution in [2.45, 2.75) is 6.04 Å². The molecule has 2 heterocycles. The van der Waals surface area contributed by atoms with Crippen LogP contribution in [0.1, 0.15) is 21.3 Å². The van der Waals surface area contributed by atoms with Crippen molar-refractivity contribution in [3.05, 3.63) is 55.6 Å². The maximum absolute atomic E-state index is 12.4. The van der Waals surface area contributed by atoms with Gasteiger partial charge < -0.3 is 10.1 Å². The van der Waals surface area contributed by atoms with Gasteiger partial charge in [0.1, 0.15) is 4.88 Å². The predicted molar refractivity (Wildman–Crippen MR) is 101 cm³/mol. The highest BCUT2D eigenvalue weighted by molar-refractivity contribution is 9.10. The van der Waals surface area contributed by atoms with Gasteiger partial charge in [-0.05, 0) is 45.1 Å². The topological polar surface area (TPSA) is 41.6 Å². The fraction of sp³-hybridized carbons (Fsp3) is 0.353. The number of thiophene rings is 1. The summed E-state index contributed by atoms with van der Waals surface area (Å²) in [5.41, 5.74) is 1.15. The fourth-order valence-electron chi connectivity index (χ4n) is 2.76. The van der Waals surface area contributed by atoms with Gasteiger partial charge in [0.05, 0.1) is 19.3 Å². The lowest BCUT2D eigenvalue weighted by Gasteiger charge is -2.35. The Morgan fingerprint density at radius 3 is 2.62 bits per heavy atom. The van der Waals surface area contributed by atoms with Crippen molar-refractivity contribution in [2.24, 2.45) is 0 Å². The average molecular weight is 430 g/mol. The number of nitrogens with one attached hydrogen (secondary N) is 1. The summed E-state index contributed by atoms with van der Waals surface area (Å²) in [6.45, 7) is 3.69. The van der Waals surface area contributed by atoms with E-state index in [1.807, 2.05) is 35.7 Å². The van der Waals surface area contributed by atoms with Gasteiger partial charge in [0.15, 0.2) is 0 Å². The van der Waals surface area contributed by atoms with Crippen LogP contribution in [0.2, 0.25) is 5.02 Å². The zero-order valence-corrected chi connectivity index (χ0v) is 16.2. The third-order valence-corrected chi connectivity index (χ3v) is 6.11. The first-order valence-electron chi connectivity index (χ1n) is 7.73. The minimum Gasteiger partial charge on any atom is -0.379 e. The highest BCUT2D eigenvalue weighted by Crippen LogP contribution is 2.25. The smallest absolute Gasteiger partial charge is 0.262 e. The molecule has 1 amide bonds. The highest BCUT2D eigenvalue weighted by atomic mass is 79.9. The Morgan fingerprint density at radius 2 is 2.00 bits per heavy atom. The second-order valence-corrected chi connectivity index (χ2v) is 7.73. The van der Waals surface area contributed by atoms with Crippen LogP contribution in [0.4, 0.5) is 0 Å². The summed E-state index contributed by atoms with van der Waals surface area (Å²) >= 11 is 10.9. The number of amides is 1. The van der Waals surface area contributed by atoms with Crippen LogP contribution >= 0.6 is 38.9 Å². The molecule has 2 aromatic rings. The average Bonchev–Trinajstić information content (AvgIpc) is 3.03. The molecule has 0 spiro atoms. The molecule has 0 saturated carbocycles. The molecule has 1 aliphatic rings. The van der Waals surface area contributed by atoms with E-state index in [0.29, 0.717) is 29.7 Å². The van der Waals surface area contributed by atoms with Crippen LogP contribution in [-0.2, 0) is 4.74 Å². The second kappa shape index (κ2) is 8.45. The Hall–Kier alpha value is -0.920. The van der Waals surface area contributed by atoms with E-state index in [9.17, 15) is 4.79 Å². The molecule has 1 aromatic carbocycles. The maximum Gasteiger partial charge on any atom is 0.262 e. The molecular formula is C17H18BrClN2O2S. The van der Waals surface area contributed by atoms with Gasteiger partial charge in [-0.3, -0.25) is 9.69 Å². The van der Waals surface area contributed by atoms with E-state index in [1.165, 1.54) is 11.3 Å². The molecule has 1 aromatic heterocycles. The normalized spacial score (nSPS) is 16.8. The first-order valence-corrected chi connectivity index (χ1v) is 9.78. The molecule has 1 saturated heterocycles. The van der Waals surface area contributed by atoms with Gasteiger partial charge in [-0.1, -0.05) is 23.7 Å². The van der Waals surface area contributed by atoms with Gasteiger partial charge >= 0.3 is 0 Å². The monoisotopic (exact) mass is 428 g/mol. The number of halogens is 2. The van der Waals surface area contributed by atoms with Crippen molar-refractivity contribution in [1.29, 1.82) is 0 Å². The number of rotatable bonds is 5. The summed E-state index contributed by atoms with van der Waals surface area (Å²) in [6.07, 6.45) is 0. The molecule has 24 heavy (non-hydrogen) atoms. The molecule has 128 valence electrons. The zero-order valence-electron chi connectivity index (χ0n) is 13.0. The number of hydrogen-bond acceptors (Lipinski definition) is 4. The molecule has 3 rings (SSSR count). The molecule has 0 radical (unpaired) electrons. The summed E-state index contributed by atoms with van der Waals surface area (Å²) in [5, 5.41) is 5.68. The molecule has 1 fully saturated rings. The first-order chi connectivity index (χ1) is 11.6. The van der Waals surface area contributed by atoms with Crippen LogP contribution in [0.5, 0.6) is 0 Å². The number of morpholine rings is 1. The van der Waals surface area contributed by atoms with Crippen molar-refractivity contribution in [3.63, 3.8) is 0 Å². The van der Waals surface area contributed by atoms with Gasteiger partial charge in [-0.15, -0.1) is 11.3 Å². The van der Waals surface area contributed by atoms with Gasteiger partial charge in [-0.2, -0.15) is 0 Å². The lowest BCUT2D eigenvalue weighted by Crippen LogP contribution is -2.43. The zero-order chi connectivity index (χ0) is 16.9.